The van der Waals surface area contributed by atoms with Gasteiger partial charge in [-0.2, -0.15) is 0 Å². The molecule has 162 valence electrons. The highest BCUT2D eigenvalue weighted by Crippen LogP contribution is 2.68. The molecule has 3 unspecified atom stereocenters. The molecule has 3 N–H and O–H groups in total. The van der Waals surface area contributed by atoms with Crippen molar-refractivity contribution in [3.63, 3.8) is 0 Å². The molecular weight excluding hydrogens is 390 g/mol. The molecule has 8 heteroatoms. The number of rotatable bonds is 5. The number of nitrogens with zero attached hydrogens (tertiary/aromatic N) is 1. The molecule has 3 aliphatic heterocycles. The Hall–Kier alpha value is -1.28. The fourth-order valence-electron chi connectivity index (χ4n) is 6.31. The average Bonchev–Trinajstić information content (AvgIpc) is 3.31. The van der Waals surface area contributed by atoms with E-state index in [1.807, 2.05) is 0 Å². The Labute approximate surface area is 176 Å². The van der Waals surface area contributed by atoms with Crippen molar-refractivity contribution in [2.45, 2.75) is 80.5 Å². The molecular formula is C21H33N3O4S. The topological polar surface area (TPSA) is 98.7 Å². The number of carbonyl (C=O) groups is 3. The summed E-state index contributed by atoms with van der Waals surface area (Å²) in [6, 6.07) is -0.938. The summed E-state index contributed by atoms with van der Waals surface area (Å²) in [5.74, 6) is -1.12. The van der Waals surface area contributed by atoms with Gasteiger partial charge in [0.15, 0.2) is 0 Å². The molecule has 0 aromatic rings. The lowest BCUT2D eigenvalue weighted by atomic mass is 9.66. The molecule has 7 atom stereocenters. The molecule has 1 saturated carbocycles. The summed E-state index contributed by atoms with van der Waals surface area (Å²) in [5.41, 5.74) is 0. The summed E-state index contributed by atoms with van der Waals surface area (Å²) in [7, 11) is 1.61. The summed E-state index contributed by atoms with van der Waals surface area (Å²) < 4.78 is -0.596. The van der Waals surface area contributed by atoms with Gasteiger partial charge in [-0.05, 0) is 32.1 Å². The number of thioether (sulfide) groups is 1. The second-order valence-electron chi connectivity index (χ2n) is 9.29. The van der Waals surface area contributed by atoms with E-state index >= 15 is 0 Å². The van der Waals surface area contributed by atoms with Gasteiger partial charge < -0.3 is 20.6 Å². The monoisotopic (exact) mass is 423 g/mol. The highest BCUT2D eigenvalue weighted by molar-refractivity contribution is 8.02. The zero-order valence-electron chi connectivity index (χ0n) is 17.5. The fraction of sp³-hybridized carbons (Fsp3) is 0.857. The van der Waals surface area contributed by atoms with Crippen LogP contribution >= 0.6 is 11.8 Å². The molecule has 4 fully saturated rings. The van der Waals surface area contributed by atoms with E-state index in [-0.39, 0.29) is 41.5 Å². The summed E-state index contributed by atoms with van der Waals surface area (Å²) in [4.78, 5) is 41.5. The Kier molecular flexibility index (Phi) is 5.61. The van der Waals surface area contributed by atoms with Crippen LogP contribution in [0.25, 0.3) is 0 Å². The van der Waals surface area contributed by atoms with Gasteiger partial charge in [-0.3, -0.25) is 14.4 Å². The number of fused-ring (bicyclic) bond motifs is 1. The van der Waals surface area contributed by atoms with Crippen LogP contribution in [-0.4, -0.2) is 69.5 Å². The molecule has 4 rings (SSSR count). The lowest BCUT2D eigenvalue weighted by molar-refractivity contribution is -0.142. The molecule has 29 heavy (non-hydrogen) atoms. The first-order valence-corrected chi connectivity index (χ1v) is 11.9. The van der Waals surface area contributed by atoms with Crippen molar-refractivity contribution in [1.82, 2.24) is 15.5 Å². The number of aliphatic hydroxyl groups excluding tert-OH is 1. The summed E-state index contributed by atoms with van der Waals surface area (Å²) in [6.07, 6.45) is 6.22. The third-order valence-electron chi connectivity index (χ3n) is 7.67. The van der Waals surface area contributed by atoms with Crippen LogP contribution in [0.5, 0.6) is 0 Å². The van der Waals surface area contributed by atoms with Crippen LogP contribution in [-0.2, 0) is 14.4 Å². The summed E-state index contributed by atoms with van der Waals surface area (Å²) in [5, 5.41) is 15.9. The van der Waals surface area contributed by atoms with Crippen molar-refractivity contribution in [2.24, 2.45) is 17.8 Å². The number of hydrogen-bond donors (Lipinski definition) is 3. The van der Waals surface area contributed by atoms with Crippen LogP contribution < -0.4 is 10.6 Å². The van der Waals surface area contributed by atoms with Gasteiger partial charge in [-0.1, -0.05) is 26.2 Å². The first kappa shape index (κ1) is 21.0. The molecule has 0 radical (unpaired) electrons. The Balaban J connectivity index is 1.71. The van der Waals surface area contributed by atoms with Crippen LogP contribution in [0, 0.1) is 17.8 Å². The number of hydrogen-bond acceptors (Lipinski definition) is 5. The number of carbonyl (C=O) groups excluding carboxylic acids is 3. The lowest BCUT2D eigenvalue weighted by Gasteiger charge is -2.40. The molecule has 1 aliphatic carbocycles. The maximum absolute atomic E-state index is 13.6. The van der Waals surface area contributed by atoms with E-state index in [1.165, 1.54) is 6.42 Å². The minimum atomic E-state index is -0.635. The Bertz CT molecular complexity index is 697. The predicted molar refractivity (Wildman–Crippen MR) is 111 cm³/mol. The Morgan fingerprint density at radius 1 is 1.28 bits per heavy atom. The van der Waals surface area contributed by atoms with E-state index < -0.39 is 28.7 Å². The Morgan fingerprint density at radius 3 is 2.59 bits per heavy atom. The van der Waals surface area contributed by atoms with Crippen molar-refractivity contribution in [3.8, 4) is 0 Å². The van der Waals surface area contributed by atoms with Crippen molar-refractivity contribution in [1.29, 1.82) is 0 Å². The van der Waals surface area contributed by atoms with E-state index in [0.717, 1.165) is 32.1 Å². The molecule has 2 bridgehead atoms. The lowest BCUT2D eigenvalue weighted by Crippen LogP contribution is -2.59. The highest BCUT2D eigenvalue weighted by atomic mass is 32.2. The highest BCUT2D eigenvalue weighted by Gasteiger charge is 2.76. The molecule has 7 nitrogen and oxygen atoms in total. The Morgan fingerprint density at radius 2 is 1.97 bits per heavy atom. The quantitative estimate of drug-likeness (QED) is 0.610. The molecule has 3 saturated heterocycles. The van der Waals surface area contributed by atoms with Gasteiger partial charge in [-0.15, -0.1) is 11.8 Å². The van der Waals surface area contributed by atoms with Crippen LogP contribution in [0.2, 0.25) is 0 Å². The first-order chi connectivity index (χ1) is 13.9. The van der Waals surface area contributed by atoms with Gasteiger partial charge in [0.05, 0.1) is 29.2 Å². The standard InChI is InChI=1S/C21H33N3O4S/c1-11-9-14-15(18(26)22-3)16-20(28)24(12(2)10-25)17(21(11,16)29-14)19(27)23-13-7-5-4-6-8-13/h11-17,25H,4-10H2,1-3H3,(H,22,26)(H,23,27)/t11?,12-,14-,15+,16+,17?,21?/m1/s1. The van der Waals surface area contributed by atoms with E-state index in [0.29, 0.717) is 0 Å². The van der Waals surface area contributed by atoms with Gasteiger partial charge in [0.1, 0.15) is 6.04 Å². The van der Waals surface area contributed by atoms with Gasteiger partial charge >= 0.3 is 0 Å². The SMILES string of the molecule is CNC(=O)[C@@H]1[C@H]2C(=O)N([C@H](C)CO)C(C(=O)NC3CCCCC3)C23S[C@@H]1CC3C. The zero-order valence-corrected chi connectivity index (χ0v) is 18.3. The minimum absolute atomic E-state index is 0.0652. The van der Waals surface area contributed by atoms with Crippen molar-refractivity contribution in [3.05, 3.63) is 0 Å². The van der Waals surface area contributed by atoms with Gasteiger partial charge in [0.25, 0.3) is 0 Å². The zero-order chi connectivity index (χ0) is 20.9. The molecule has 3 amide bonds. The van der Waals surface area contributed by atoms with E-state index in [2.05, 4.69) is 17.6 Å². The maximum Gasteiger partial charge on any atom is 0.244 e. The molecule has 3 heterocycles. The van der Waals surface area contributed by atoms with Gasteiger partial charge in [0, 0.05) is 18.3 Å². The molecule has 0 aromatic heterocycles. The van der Waals surface area contributed by atoms with Gasteiger partial charge in [0.2, 0.25) is 17.7 Å². The van der Waals surface area contributed by atoms with Crippen molar-refractivity contribution in [2.75, 3.05) is 13.7 Å². The molecule has 0 aromatic carbocycles. The first-order valence-electron chi connectivity index (χ1n) is 11.0. The smallest absolute Gasteiger partial charge is 0.244 e. The second-order valence-corrected chi connectivity index (χ2v) is 10.8. The number of aliphatic hydroxyl groups is 1. The van der Waals surface area contributed by atoms with E-state index in [9.17, 15) is 19.5 Å². The molecule has 4 aliphatic rings. The van der Waals surface area contributed by atoms with Crippen molar-refractivity contribution >= 4 is 29.5 Å². The third kappa shape index (κ3) is 3.00. The average molecular weight is 424 g/mol. The summed E-state index contributed by atoms with van der Waals surface area (Å²) >= 11 is 1.68. The third-order valence-corrected chi connectivity index (χ3v) is 9.75. The minimum Gasteiger partial charge on any atom is -0.394 e. The largest absolute Gasteiger partial charge is 0.394 e. The number of likely N-dealkylation sites (tertiary alicyclic amines) is 1. The van der Waals surface area contributed by atoms with Crippen LogP contribution in [0.3, 0.4) is 0 Å². The number of amides is 3. The van der Waals surface area contributed by atoms with Crippen LogP contribution in [0.4, 0.5) is 0 Å². The van der Waals surface area contributed by atoms with E-state index in [4.69, 9.17) is 0 Å². The normalized spacial score (nSPS) is 40.1. The van der Waals surface area contributed by atoms with Crippen LogP contribution in [0.15, 0.2) is 0 Å². The fourth-order valence-corrected chi connectivity index (χ4v) is 8.72. The molecule has 1 spiro atoms. The van der Waals surface area contributed by atoms with E-state index in [1.54, 1.807) is 30.6 Å². The summed E-state index contributed by atoms with van der Waals surface area (Å²) in [6.45, 7) is 3.70. The second kappa shape index (κ2) is 7.76. The van der Waals surface area contributed by atoms with Gasteiger partial charge in [-0.25, -0.2) is 0 Å². The van der Waals surface area contributed by atoms with Crippen LogP contribution in [0.1, 0.15) is 52.4 Å². The maximum atomic E-state index is 13.6. The predicted octanol–water partition coefficient (Wildman–Crippen LogP) is 0.899. The number of nitrogens with one attached hydrogen (secondary N) is 2. The van der Waals surface area contributed by atoms with Crippen molar-refractivity contribution < 1.29 is 19.5 Å².